The lowest BCUT2D eigenvalue weighted by Gasteiger charge is -2.42. The van der Waals surface area contributed by atoms with Gasteiger partial charge in [-0.2, -0.15) is 0 Å². The third-order valence-corrected chi connectivity index (χ3v) is 6.92. The van der Waals surface area contributed by atoms with Crippen LogP contribution in [0.1, 0.15) is 52.4 Å². The molecule has 0 radical (unpaired) electrons. The second-order valence-electron chi connectivity index (χ2n) is 9.24. The molecule has 0 saturated heterocycles. The normalized spacial score (nSPS) is 16.7. The van der Waals surface area contributed by atoms with E-state index in [1.807, 2.05) is 60.4 Å². The van der Waals surface area contributed by atoms with E-state index in [0.29, 0.717) is 34.9 Å². The number of hydrogen-bond donors (Lipinski definition) is 0. The number of amides is 2. The van der Waals surface area contributed by atoms with Crippen LogP contribution in [0.2, 0.25) is 0 Å². The highest BCUT2D eigenvalue weighted by molar-refractivity contribution is 6.05. The third-order valence-electron chi connectivity index (χ3n) is 6.92. The fraction of sp³-hybridized carbons (Fsp3) is 0.333. The van der Waals surface area contributed by atoms with Crippen LogP contribution in [0.4, 0.5) is 5.69 Å². The van der Waals surface area contributed by atoms with Crippen molar-refractivity contribution in [3.05, 3.63) is 82.9 Å². The van der Waals surface area contributed by atoms with Crippen molar-refractivity contribution in [1.29, 1.82) is 0 Å². The van der Waals surface area contributed by atoms with Gasteiger partial charge in [-0.25, -0.2) is 0 Å². The molecule has 2 unspecified atom stereocenters. The molecule has 37 heavy (non-hydrogen) atoms. The van der Waals surface area contributed by atoms with Gasteiger partial charge < -0.3 is 24.0 Å². The van der Waals surface area contributed by atoms with Gasteiger partial charge in [0, 0.05) is 24.8 Å². The summed E-state index contributed by atoms with van der Waals surface area (Å²) >= 11 is 0. The number of hydrogen-bond acceptors (Lipinski definition) is 5. The predicted octanol–water partition coefficient (Wildman–Crippen LogP) is 5.37. The van der Waals surface area contributed by atoms with E-state index in [1.165, 1.54) is 7.11 Å². The maximum Gasteiger partial charge on any atom is 0.254 e. The van der Waals surface area contributed by atoms with Crippen molar-refractivity contribution in [3.8, 4) is 17.2 Å². The summed E-state index contributed by atoms with van der Waals surface area (Å²) in [6.07, 6.45) is 0.785. The molecule has 3 aromatic rings. The molecule has 3 aromatic carbocycles. The van der Waals surface area contributed by atoms with Crippen LogP contribution in [0.3, 0.4) is 0 Å². The second-order valence-corrected chi connectivity index (χ2v) is 9.24. The second kappa shape index (κ2) is 10.9. The molecule has 0 spiro atoms. The van der Waals surface area contributed by atoms with Gasteiger partial charge in [0.2, 0.25) is 5.91 Å². The Morgan fingerprint density at radius 2 is 1.62 bits per heavy atom. The molecule has 7 heteroatoms. The van der Waals surface area contributed by atoms with Gasteiger partial charge in [0.15, 0.2) is 11.5 Å². The van der Waals surface area contributed by atoms with E-state index in [1.54, 1.807) is 38.3 Å². The van der Waals surface area contributed by atoms with E-state index in [9.17, 15) is 9.59 Å². The van der Waals surface area contributed by atoms with Crippen LogP contribution in [-0.4, -0.2) is 51.6 Å². The van der Waals surface area contributed by atoms with Crippen LogP contribution < -0.4 is 19.1 Å². The lowest BCUT2D eigenvalue weighted by Crippen LogP contribution is -2.47. The van der Waals surface area contributed by atoms with Crippen LogP contribution in [0.15, 0.2) is 60.7 Å². The summed E-state index contributed by atoms with van der Waals surface area (Å²) in [7, 11) is 6.44. The van der Waals surface area contributed by atoms with Gasteiger partial charge in [-0.05, 0) is 66.4 Å². The Morgan fingerprint density at radius 1 is 0.946 bits per heavy atom. The van der Waals surface area contributed by atoms with Gasteiger partial charge in [0.25, 0.3) is 5.91 Å². The standard InChI is InChI=1S/C30H34N2O5/c1-7-15-32(21-10-8-9-19(2)16-21)30(34)27-23-17-25(36-5)26(37-6)18-24(23)29(33)31(3)28(27)20-11-13-22(35-4)14-12-20/h8-14,16-18,27-28H,7,15H2,1-6H3. The molecule has 2 amide bonds. The summed E-state index contributed by atoms with van der Waals surface area (Å²) in [5.74, 6) is 0.691. The minimum Gasteiger partial charge on any atom is -0.497 e. The Labute approximate surface area is 218 Å². The fourth-order valence-corrected chi connectivity index (χ4v) is 5.09. The highest BCUT2D eigenvalue weighted by Crippen LogP contribution is 2.47. The number of likely N-dealkylation sites (N-methyl/N-ethyl adjacent to an activating group) is 1. The number of carbonyl (C=O) groups is 2. The van der Waals surface area contributed by atoms with Crippen molar-refractivity contribution in [1.82, 2.24) is 4.90 Å². The summed E-state index contributed by atoms with van der Waals surface area (Å²) in [6, 6.07) is 18.4. The van der Waals surface area contributed by atoms with E-state index in [0.717, 1.165) is 23.2 Å². The zero-order valence-electron chi connectivity index (χ0n) is 22.3. The summed E-state index contributed by atoms with van der Waals surface area (Å²) in [6.45, 7) is 4.61. The topological polar surface area (TPSA) is 68.3 Å². The molecule has 0 bridgehead atoms. The molecule has 7 nitrogen and oxygen atoms in total. The van der Waals surface area contributed by atoms with E-state index in [4.69, 9.17) is 14.2 Å². The van der Waals surface area contributed by atoms with Gasteiger partial charge >= 0.3 is 0 Å². The van der Waals surface area contributed by atoms with E-state index in [-0.39, 0.29) is 11.8 Å². The number of benzene rings is 3. The van der Waals surface area contributed by atoms with E-state index < -0.39 is 12.0 Å². The van der Waals surface area contributed by atoms with Crippen molar-refractivity contribution in [2.45, 2.75) is 32.2 Å². The molecule has 0 fully saturated rings. The molecule has 2 atom stereocenters. The largest absolute Gasteiger partial charge is 0.497 e. The zero-order valence-corrected chi connectivity index (χ0v) is 22.3. The molecule has 0 aromatic heterocycles. The number of ether oxygens (including phenoxy) is 3. The molecule has 4 rings (SSSR count). The summed E-state index contributed by atoms with van der Waals surface area (Å²) in [5, 5.41) is 0. The average Bonchev–Trinajstić information content (AvgIpc) is 2.92. The highest BCUT2D eigenvalue weighted by Gasteiger charge is 2.45. The van der Waals surface area contributed by atoms with Crippen molar-refractivity contribution in [2.24, 2.45) is 0 Å². The van der Waals surface area contributed by atoms with Crippen LogP contribution >= 0.6 is 0 Å². The summed E-state index contributed by atoms with van der Waals surface area (Å²) in [4.78, 5) is 31.7. The first-order valence-electron chi connectivity index (χ1n) is 12.4. The minimum absolute atomic E-state index is 0.0823. The molecular weight excluding hydrogens is 468 g/mol. The summed E-state index contributed by atoms with van der Waals surface area (Å²) < 4.78 is 16.4. The number of methoxy groups -OCH3 is 3. The van der Waals surface area contributed by atoms with Gasteiger partial charge in [-0.3, -0.25) is 9.59 Å². The Bertz CT molecular complexity index is 1290. The molecule has 1 aliphatic rings. The molecule has 1 heterocycles. The van der Waals surface area contributed by atoms with Crippen molar-refractivity contribution in [2.75, 3.05) is 39.8 Å². The molecular formula is C30H34N2O5. The molecule has 0 saturated carbocycles. The number of aryl methyl sites for hydroxylation is 1. The minimum atomic E-state index is -0.669. The first kappa shape index (κ1) is 26.1. The van der Waals surface area contributed by atoms with Gasteiger partial charge in [-0.1, -0.05) is 31.2 Å². The monoisotopic (exact) mass is 502 g/mol. The fourth-order valence-electron chi connectivity index (χ4n) is 5.09. The Hall–Kier alpha value is -4.00. The number of fused-ring (bicyclic) bond motifs is 1. The predicted molar refractivity (Wildman–Crippen MR) is 144 cm³/mol. The van der Waals surface area contributed by atoms with Crippen LogP contribution in [0, 0.1) is 6.92 Å². The van der Waals surface area contributed by atoms with Gasteiger partial charge in [0.05, 0.1) is 33.3 Å². The SMILES string of the molecule is CCCN(C(=O)C1c2cc(OC)c(OC)cc2C(=O)N(C)C1c1ccc(OC)cc1)c1cccc(C)c1. The quantitative estimate of drug-likeness (QED) is 0.414. The zero-order chi connectivity index (χ0) is 26.7. The van der Waals surface area contributed by atoms with Gasteiger partial charge in [0.1, 0.15) is 5.75 Å². The summed E-state index contributed by atoms with van der Waals surface area (Å²) in [5.41, 5.74) is 3.81. The lowest BCUT2D eigenvalue weighted by molar-refractivity contribution is -0.121. The Morgan fingerprint density at radius 3 is 2.22 bits per heavy atom. The van der Waals surface area contributed by atoms with Crippen molar-refractivity contribution < 1.29 is 23.8 Å². The maximum atomic E-state index is 14.6. The molecule has 194 valence electrons. The molecule has 0 N–H and O–H groups in total. The number of nitrogens with zero attached hydrogens (tertiary/aromatic N) is 2. The Balaban J connectivity index is 1.94. The third kappa shape index (κ3) is 4.86. The first-order chi connectivity index (χ1) is 17.8. The van der Waals surface area contributed by atoms with Crippen molar-refractivity contribution in [3.63, 3.8) is 0 Å². The molecule has 0 aliphatic carbocycles. The average molecular weight is 503 g/mol. The Kier molecular flexibility index (Phi) is 7.71. The lowest BCUT2D eigenvalue weighted by atomic mass is 9.78. The van der Waals surface area contributed by atoms with Crippen LogP contribution in [0.5, 0.6) is 17.2 Å². The van der Waals surface area contributed by atoms with E-state index >= 15 is 0 Å². The van der Waals surface area contributed by atoms with E-state index in [2.05, 4.69) is 6.92 Å². The molecule has 1 aliphatic heterocycles. The first-order valence-corrected chi connectivity index (χ1v) is 12.4. The maximum absolute atomic E-state index is 14.6. The number of rotatable bonds is 8. The smallest absolute Gasteiger partial charge is 0.254 e. The number of carbonyl (C=O) groups excluding carboxylic acids is 2. The van der Waals surface area contributed by atoms with Crippen molar-refractivity contribution >= 4 is 17.5 Å². The number of anilines is 1. The van der Waals surface area contributed by atoms with Crippen LogP contribution in [-0.2, 0) is 4.79 Å². The highest BCUT2D eigenvalue weighted by atomic mass is 16.5. The van der Waals surface area contributed by atoms with Crippen LogP contribution in [0.25, 0.3) is 0 Å². The van der Waals surface area contributed by atoms with Gasteiger partial charge in [-0.15, -0.1) is 0 Å².